The van der Waals surface area contributed by atoms with Crippen LogP contribution in [0.15, 0.2) is 54.7 Å². The molecule has 0 bridgehead atoms. The van der Waals surface area contributed by atoms with Gasteiger partial charge in [-0.15, -0.1) is 0 Å². The van der Waals surface area contributed by atoms with Crippen molar-refractivity contribution in [1.82, 2.24) is 15.0 Å². The Morgan fingerprint density at radius 2 is 1.86 bits per heavy atom. The summed E-state index contributed by atoms with van der Waals surface area (Å²) < 4.78 is 19.1. The van der Waals surface area contributed by atoms with E-state index in [-0.39, 0.29) is 11.9 Å². The highest BCUT2D eigenvalue weighted by Crippen LogP contribution is 2.24. The molecule has 150 valence electrons. The van der Waals surface area contributed by atoms with Gasteiger partial charge in [0.1, 0.15) is 17.3 Å². The number of rotatable bonds is 6. The van der Waals surface area contributed by atoms with Gasteiger partial charge < -0.3 is 9.64 Å². The van der Waals surface area contributed by atoms with Gasteiger partial charge in [0, 0.05) is 31.0 Å². The van der Waals surface area contributed by atoms with Crippen molar-refractivity contribution in [3.05, 3.63) is 71.8 Å². The molecular weight excluding hydrogens is 367 g/mol. The fourth-order valence-electron chi connectivity index (χ4n) is 3.48. The molecule has 0 N–H and O–H groups in total. The molecule has 1 aliphatic heterocycles. The Morgan fingerprint density at radius 1 is 1.07 bits per heavy atom. The monoisotopic (exact) mass is 392 g/mol. The molecule has 3 heterocycles. The van der Waals surface area contributed by atoms with E-state index in [1.54, 1.807) is 18.3 Å². The summed E-state index contributed by atoms with van der Waals surface area (Å²) in [5.41, 5.74) is 2.81. The normalized spacial score (nSPS) is 14.9. The predicted molar refractivity (Wildman–Crippen MR) is 111 cm³/mol. The van der Waals surface area contributed by atoms with Crippen LogP contribution in [0.4, 0.5) is 10.2 Å². The number of aryl methyl sites for hydroxylation is 1. The van der Waals surface area contributed by atoms with Gasteiger partial charge in [-0.25, -0.2) is 14.4 Å². The van der Waals surface area contributed by atoms with E-state index in [2.05, 4.69) is 27.9 Å². The largest absolute Gasteiger partial charge is 0.373 e. The average molecular weight is 392 g/mol. The number of pyridine rings is 1. The minimum atomic E-state index is -0.219. The number of nitrogens with zero attached hydrogens (tertiary/aromatic N) is 4. The molecule has 1 aromatic carbocycles. The van der Waals surface area contributed by atoms with Gasteiger partial charge >= 0.3 is 0 Å². The topological polar surface area (TPSA) is 51.1 Å². The lowest BCUT2D eigenvalue weighted by atomic mass is 10.1. The van der Waals surface area contributed by atoms with Gasteiger partial charge in [-0.2, -0.15) is 0 Å². The van der Waals surface area contributed by atoms with E-state index in [4.69, 9.17) is 9.72 Å². The van der Waals surface area contributed by atoms with Gasteiger partial charge in [0.05, 0.1) is 12.7 Å². The quantitative estimate of drug-likeness (QED) is 0.621. The summed E-state index contributed by atoms with van der Waals surface area (Å²) >= 11 is 0. The molecular formula is C23H25FN4O. The molecule has 0 radical (unpaired) electrons. The van der Waals surface area contributed by atoms with Crippen LogP contribution >= 0.6 is 0 Å². The lowest BCUT2D eigenvalue weighted by Crippen LogP contribution is -2.37. The number of aromatic nitrogens is 3. The number of ether oxygens (including phenoxy) is 1. The minimum absolute atomic E-state index is 0.207. The van der Waals surface area contributed by atoms with Crippen LogP contribution in [0.1, 0.15) is 31.0 Å². The van der Waals surface area contributed by atoms with Crippen LogP contribution in [-0.2, 0) is 17.8 Å². The fourth-order valence-corrected chi connectivity index (χ4v) is 3.48. The second kappa shape index (κ2) is 9.09. The van der Waals surface area contributed by atoms with Crippen molar-refractivity contribution in [2.24, 2.45) is 0 Å². The third-order valence-electron chi connectivity index (χ3n) is 5.19. The Balaban J connectivity index is 1.39. The Hall–Kier alpha value is -2.86. The molecule has 0 amide bonds. The molecule has 5 nitrogen and oxygen atoms in total. The molecule has 0 aliphatic carbocycles. The van der Waals surface area contributed by atoms with E-state index in [9.17, 15) is 4.39 Å². The number of piperidine rings is 1. The smallest absolute Gasteiger partial charge is 0.180 e. The second-order valence-electron chi connectivity index (χ2n) is 7.23. The third-order valence-corrected chi connectivity index (χ3v) is 5.19. The highest BCUT2D eigenvalue weighted by molar-refractivity contribution is 5.53. The SMILES string of the molecule is CCc1cc(N2CCC(OCc3ccc(F)cc3)CC2)nc(-c2ccccn2)n1. The molecule has 0 atom stereocenters. The van der Waals surface area contributed by atoms with Crippen molar-refractivity contribution in [2.45, 2.75) is 38.9 Å². The van der Waals surface area contributed by atoms with E-state index in [0.29, 0.717) is 12.4 Å². The Kier molecular flexibility index (Phi) is 6.10. The lowest BCUT2D eigenvalue weighted by Gasteiger charge is -2.33. The first kappa shape index (κ1) is 19.5. The summed E-state index contributed by atoms with van der Waals surface area (Å²) in [4.78, 5) is 16.1. The Labute approximate surface area is 170 Å². The molecule has 1 aliphatic rings. The van der Waals surface area contributed by atoms with Gasteiger partial charge in [-0.05, 0) is 49.1 Å². The van der Waals surface area contributed by atoms with E-state index in [1.807, 2.05) is 18.2 Å². The molecule has 29 heavy (non-hydrogen) atoms. The average Bonchev–Trinajstić information content (AvgIpc) is 2.79. The first-order valence-electron chi connectivity index (χ1n) is 10.1. The van der Waals surface area contributed by atoms with Crippen LogP contribution < -0.4 is 4.90 Å². The van der Waals surface area contributed by atoms with Gasteiger partial charge in [-0.1, -0.05) is 25.1 Å². The van der Waals surface area contributed by atoms with Crippen LogP contribution in [0.3, 0.4) is 0 Å². The summed E-state index contributed by atoms with van der Waals surface area (Å²) in [7, 11) is 0. The first-order valence-corrected chi connectivity index (χ1v) is 10.1. The van der Waals surface area contributed by atoms with Crippen LogP contribution in [0, 0.1) is 5.82 Å². The number of benzene rings is 1. The molecule has 6 heteroatoms. The van der Waals surface area contributed by atoms with Crippen LogP contribution in [0.25, 0.3) is 11.5 Å². The van der Waals surface area contributed by atoms with Crippen LogP contribution in [0.2, 0.25) is 0 Å². The highest BCUT2D eigenvalue weighted by Gasteiger charge is 2.22. The van der Waals surface area contributed by atoms with E-state index >= 15 is 0 Å². The highest BCUT2D eigenvalue weighted by atomic mass is 19.1. The third kappa shape index (κ3) is 4.95. The first-order chi connectivity index (χ1) is 14.2. The van der Waals surface area contributed by atoms with E-state index < -0.39 is 0 Å². The van der Waals surface area contributed by atoms with Crippen LogP contribution in [-0.4, -0.2) is 34.1 Å². The fraction of sp³-hybridized carbons (Fsp3) is 0.348. The van der Waals surface area contributed by atoms with Crippen LogP contribution in [0.5, 0.6) is 0 Å². The zero-order valence-corrected chi connectivity index (χ0v) is 16.6. The standard InChI is InChI=1S/C23H25FN4O/c1-2-19-15-22(27-23(26-19)21-5-3-4-12-25-21)28-13-10-20(11-14-28)29-16-17-6-8-18(24)9-7-17/h3-9,12,15,20H,2,10-11,13-14,16H2,1H3. The van der Waals surface area contributed by atoms with E-state index in [0.717, 1.165) is 55.1 Å². The Bertz CT molecular complexity index is 925. The molecule has 0 unspecified atom stereocenters. The minimum Gasteiger partial charge on any atom is -0.373 e. The van der Waals surface area contributed by atoms with Gasteiger partial charge in [0.25, 0.3) is 0 Å². The van der Waals surface area contributed by atoms with Gasteiger partial charge in [0.15, 0.2) is 5.82 Å². The number of hydrogen-bond donors (Lipinski definition) is 0. The summed E-state index contributed by atoms with van der Waals surface area (Å²) in [6.45, 7) is 4.39. The summed E-state index contributed by atoms with van der Waals surface area (Å²) in [6.07, 6.45) is 4.70. The molecule has 0 saturated carbocycles. The molecule has 3 aromatic rings. The maximum atomic E-state index is 13.0. The van der Waals surface area contributed by atoms with Gasteiger partial charge in [0.2, 0.25) is 0 Å². The van der Waals surface area contributed by atoms with Crippen molar-refractivity contribution < 1.29 is 9.13 Å². The molecule has 1 fully saturated rings. The molecule has 2 aromatic heterocycles. The number of halogens is 1. The maximum absolute atomic E-state index is 13.0. The lowest BCUT2D eigenvalue weighted by molar-refractivity contribution is 0.0250. The number of hydrogen-bond acceptors (Lipinski definition) is 5. The second-order valence-corrected chi connectivity index (χ2v) is 7.23. The molecule has 4 rings (SSSR count). The zero-order chi connectivity index (χ0) is 20.1. The van der Waals surface area contributed by atoms with Crippen molar-refractivity contribution in [3.8, 4) is 11.5 Å². The maximum Gasteiger partial charge on any atom is 0.180 e. The summed E-state index contributed by atoms with van der Waals surface area (Å²) in [5.74, 6) is 1.41. The van der Waals surface area contributed by atoms with Crippen molar-refractivity contribution in [1.29, 1.82) is 0 Å². The van der Waals surface area contributed by atoms with Crippen molar-refractivity contribution >= 4 is 5.82 Å². The summed E-state index contributed by atoms with van der Waals surface area (Å²) in [5, 5.41) is 0. The van der Waals surface area contributed by atoms with Gasteiger partial charge in [-0.3, -0.25) is 4.98 Å². The number of anilines is 1. The predicted octanol–water partition coefficient (Wildman–Crippen LogP) is 4.43. The molecule has 0 spiro atoms. The van der Waals surface area contributed by atoms with Crippen molar-refractivity contribution in [2.75, 3.05) is 18.0 Å². The summed E-state index contributed by atoms with van der Waals surface area (Å²) in [6, 6.07) is 14.4. The van der Waals surface area contributed by atoms with E-state index in [1.165, 1.54) is 12.1 Å². The Morgan fingerprint density at radius 3 is 2.55 bits per heavy atom. The van der Waals surface area contributed by atoms with Crippen molar-refractivity contribution in [3.63, 3.8) is 0 Å². The molecule has 1 saturated heterocycles. The zero-order valence-electron chi connectivity index (χ0n) is 16.6.